The van der Waals surface area contributed by atoms with Crippen LogP contribution in [0.2, 0.25) is 0 Å². The number of methoxy groups -OCH3 is 1. The molecule has 23 heavy (non-hydrogen) atoms. The van der Waals surface area contributed by atoms with Crippen LogP contribution in [0.1, 0.15) is 22.5 Å². The highest BCUT2D eigenvalue weighted by Crippen LogP contribution is 2.27. The summed E-state index contributed by atoms with van der Waals surface area (Å²) < 4.78 is 4.97. The predicted molar refractivity (Wildman–Crippen MR) is 88.8 cm³/mol. The normalized spacial score (nSPS) is 13.5. The maximum atomic E-state index is 12.7. The topological polar surface area (TPSA) is 67.3 Å². The van der Waals surface area contributed by atoms with E-state index in [0.29, 0.717) is 31.2 Å². The van der Waals surface area contributed by atoms with Crippen LogP contribution >= 0.6 is 0 Å². The summed E-state index contributed by atoms with van der Waals surface area (Å²) >= 11 is 0. The van der Waals surface area contributed by atoms with Gasteiger partial charge in [-0.3, -0.25) is 4.79 Å². The van der Waals surface area contributed by atoms with E-state index in [-0.39, 0.29) is 5.91 Å². The zero-order valence-corrected chi connectivity index (χ0v) is 13.2. The number of nitrogens with zero attached hydrogens (tertiary/aromatic N) is 3. The minimum Gasteiger partial charge on any atom is -0.383 e. The smallest absolute Gasteiger partial charge is 0.278 e. The zero-order chi connectivity index (χ0) is 16.1. The fraction of sp³-hybridized carbons (Fsp3) is 0.353. The molecule has 1 aromatic carbocycles. The van der Waals surface area contributed by atoms with Crippen molar-refractivity contribution in [2.45, 2.75) is 12.8 Å². The Balaban J connectivity index is 1.74. The van der Waals surface area contributed by atoms with Crippen LogP contribution in [0.4, 0.5) is 11.5 Å². The Kier molecular flexibility index (Phi) is 4.83. The first-order chi connectivity index (χ1) is 11.3. The van der Waals surface area contributed by atoms with E-state index in [4.69, 9.17) is 4.74 Å². The van der Waals surface area contributed by atoms with Crippen molar-refractivity contribution in [3.8, 4) is 0 Å². The molecule has 1 aromatic heterocycles. The van der Waals surface area contributed by atoms with Crippen LogP contribution < -0.4 is 10.2 Å². The van der Waals surface area contributed by atoms with Gasteiger partial charge in [-0.2, -0.15) is 0 Å². The van der Waals surface area contributed by atoms with Crippen molar-refractivity contribution in [3.05, 3.63) is 47.9 Å². The number of benzene rings is 1. The first-order valence-electron chi connectivity index (χ1n) is 7.74. The zero-order valence-electron chi connectivity index (χ0n) is 13.2. The SMILES string of the molecule is COCCNc1cnc(C(=O)N2CCCc3ccccc32)cn1. The van der Waals surface area contributed by atoms with Crippen molar-refractivity contribution >= 4 is 17.4 Å². The number of hydrogen-bond acceptors (Lipinski definition) is 5. The van der Waals surface area contributed by atoms with Gasteiger partial charge < -0.3 is 15.0 Å². The fourth-order valence-electron chi connectivity index (χ4n) is 2.69. The van der Waals surface area contributed by atoms with E-state index in [1.165, 1.54) is 11.8 Å². The van der Waals surface area contributed by atoms with Crippen molar-refractivity contribution in [3.63, 3.8) is 0 Å². The highest BCUT2D eigenvalue weighted by atomic mass is 16.5. The van der Waals surface area contributed by atoms with E-state index in [1.807, 2.05) is 18.2 Å². The van der Waals surface area contributed by atoms with E-state index in [1.54, 1.807) is 18.2 Å². The average Bonchev–Trinajstić information content (AvgIpc) is 2.61. The highest BCUT2D eigenvalue weighted by Gasteiger charge is 2.24. The Bertz CT molecular complexity index is 673. The molecule has 0 atom stereocenters. The summed E-state index contributed by atoms with van der Waals surface area (Å²) in [6.07, 6.45) is 5.08. The van der Waals surface area contributed by atoms with Gasteiger partial charge in [0.1, 0.15) is 11.5 Å². The average molecular weight is 312 g/mol. The Morgan fingerprint density at radius 2 is 2.17 bits per heavy atom. The summed E-state index contributed by atoms with van der Waals surface area (Å²) in [6, 6.07) is 8.02. The molecule has 0 spiro atoms. The van der Waals surface area contributed by atoms with Crippen LogP contribution in [-0.4, -0.2) is 42.7 Å². The number of para-hydroxylation sites is 1. The minimum absolute atomic E-state index is 0.104. The molecule has 0 aliphatic carbocycles. The minimum atomic E-state index is -0.104. The predicted octanol–water partition coefficient (Wildman–Crippen LogP) is 2.13. The first kappa shape index (κ1) is 15.4. The molecule has 0 unspecified atom stereocenters. The fourth-order valence-corrected chi connectivity index (χ4v) is 2.69. The number of nitrogens with one attached hydrogen (secondary N) is 1. The number of anilines is 2. The summed E-state index contributed by atoms with van der Waals surface area (Å²) in [4.78, 5) is 23.0. The lowest BCUT2D eigenvalue weighted by Gasteiger charge is -2.29. The Morgan fingerprint density at radius 1 is 1.30 bits per heavy atom. The van der Waals surface area contributed by atoms with Gasteiger partial charge in [-0.1, -0.05) is 18.2 Å². The van der Waals surface area contributed by atoms with Gasteiger partial charge in [0.15, 0.2) is 0 Å². The second-order valence-corrected chi connectivity index (χ2v) is 5.40. The number of rotatable bonds is 5. The Labute approximate surface area is 135 Å². The van der Waals surface area contributed by atoms with Gasteiger partial charge in [0.25, 0.3) is 5.91 Å². The van der Waals surface area contributed by atoms with Gasteiger partial charge in [-0.15, -0.1) is 0 Å². The molecule has 3 rings (SSSR count). The van der Waals surface area contributed by atoms with Gasteiger partial charge in [-0.05, 0) is 24.5 Å². The molecule has 0 saturated carbocycles. The molecule has 120 valence electrons. The quantitative estimate of drug-likeness (QED) is 0.857. The second-order valence-electron chi connectivity index (χ2n) is 5.40. The van der Waals surface area contributed by atoms with Gasteiger partial charge in [0.05, 0.1) is 19.0 Å². The highest BCUT2D eigenvalue weighted by molar-refractivity contribution is 6.05. The lowest BCUT2D eigenvalue weighted by molar-refractivity contribution is 0.0980. The molecule has 6 nitrogen and oxygen atoms in total. The lowest BCUT2D eigenvalue weighted by Crippen LogP contribution is -2.36. The van der Waals surface area contributed by atoms with Gasteiger partial charge >= 0.3 is 0 Å². The summed E-state index contributed by atoms with van der Waals surface area (Å²) in [5.41, 5.74) is 2.55. The van der Waals surface area contributed by atoms with Crippen molar-refractivity contribution < 1.29 is 9.53 Å². The van der Waals surface area contributed by atoms with Crippen LogP contribution in [0.5, 0.6) is 0 Å². The van der Waals surface area contributed by atoms with E-state index >= 15 is 0 Å². The molecule has 1 N–H and O–H groups in total. The van der Waals surface area contributed by atoms with Crippen molar-refractivity contribution in [1.29, 1.82) is 0 Å². The maximum absolute atomic E-state index is 12.7. The third kappa shape index (κ3) is 3.48. The van der Waals surface area contributed by atoms with Crippen LogP contribution in [0.3, 0.4) is 0 Å². The van der Waals surface area contributed by atoms with E-state index in [9.17, 15) is 4.79 Å². The van der Waals surface area contributed by atoms with Crippen LogP contribution in [-0.2, 0) is 11.2 Å². The third-order valence-electron chi connectivity index (χ3n) is 3.84. The number of fused-ring (bicyclic) bond motifs is 1. The van der Waals surface area contributed by atoms with Crippen LogP contribution in [0.15, 0.2) is 36.7 Å². The van der Waals surface area contributed by atoms with E-state index in [0.717, 1.165) is 18.5 Å². The Morgan fingerprint density at radius 3 is 2.96 bits per heavy atom. The van der Waals surface area contributed by atoms with Gasteiger partial charge in [0, 0.05) is 25.9 Å². The molecule has 0 saturated heterocycles. The molecule has 0 bridgehead atoms. The van der Waals surface area contributed by atoms with Crippen molar-refractivity contribution in [1.82, 2.24) is 9.97 Å². The molecular weight excluding hydrogens is 292 g/mol. The molecule has 0 radical (unpaired) electrons. The number of aromatic nitrogens is 2. The van der Waals surface area contributed by atoms with Gasteiger partial charge in [-0.25, -0.2) is 9.97 Å². The Hall–Kier alpha value is -2.47. The first-order valence-corrected chi connectivity index (χ1v) is 7.74. The lowest BCUT2D eigenvalue weighted by atomic mass is 10.0. The summed E-state index contributed by atoms with van der Waals surface area (Å²) in [5, 5.41) is 3.08. The van der Waals surface area contributed by atoms with Crippen LogP contribution in [0, 0.1) is 0 Å². The van der Waals surface area contributed by atoms with E-state index < -0.39 is 0 Å². The molecule has 2 aromatic rings. The van der Waals surface area contributed by atoms with Crippen molar-refractivity contribution in [2.24, 2.45) is 0 Å². The number of hydrogen-bond donors (Lipinski definition) is 1. The molecule has 1 amide bonds. The molecule has 2 heterocycles. The number of ether oxygens (including phenoxy) is 1. The number of carbonyl (C=O) groups excluding carboxylic acids is 1. The largest absolute Gasteiger partial charge is 0.383 e. The number of aryl methyl sites for hydroxylation is 1. The molecule has 1 aliphatic heterocycles. The van der Waals surface area contributed by atoms with Gasteiger partial charge in [0.2, 0.25) is 0 Å². The third-order valence-corrected chi connectivity index (χ3v) is 3.84. The van der Waals surface area contributed by atoms with Crippen LogP contribution in [0.25, 0.3) is 0 Å². The monoisotopic (exact) mass is 312 g/mol. The molecule has 1 aliphatic rings. The number of carbonyl (C=O) groups is 1. The van der Waals surface area contributed by atoms with Crippen molar-refractivity contribution in [2.75, 3.05) is 37.0 Å². The standard InChI is InChI=1S/C17H20N4O2/c1-23-10-8-18-16-12-19-14(11-20-16)17(22)21-9-4-6-13-5-2-3-7-15(13)21/h2-3,5,7,11-12H,4,6,8-10H2,1H3,(H,18,20). The second kappa shape index (κ2) is 7.19. The number of amides is 1. The summed E-state index contributed by atoms with van der Waals surface area (Å²) in [5.74, 6) is 0.533. The van der Waals surface area contributed by atoms with E-state index in [2.05, 4.69) is 21.4 Å². The maximum Gasteiger partial charge on any atom is 0.278 e. The summed E-state index contributed by atoms with van der Waals surface area (Å²) in [7, 11) is 1.64. The molecule has 6 heteroatoms. The molecule has 0 fully saturated rings. The summed E-state index contributed by atoms with van der Waals surface area (Å²) in [6.45, 7) is 1.95. The molecular formula is C17H20N4O2.